The molecule has 1 aliphatic heterocycles. The first kappa shape index (κ1) is 17.7. The van der Waals surface area contributed by atoms with Crippen LogP contribution in [0.1, 0.15) is 34.1 Å². The van der Waals surface area contributed by atoms with Crippen molar-refractivity contribution >= 4 is 28.5 Å². The second kappa shape index (κ2) is 6.79. The average Bonchev–Trinajstić information content (AvgIpc) is 2.94. The van der Waals surface area contributed by atoms with Crippen LogP contribution in [0.3, 0.4) is 0 Å². The van der Waals surface area contributed by atoms with Gasteiger partial charge in [-0.3, -0.25) is 9.59 Å². The van der Waals surface area contributed by atoms with Gasteiger partial charge in [0.2, 0.25) is 5.76 Å². The van der Waals surface area contributed by atoms with Gasteiger partial charge in [-0.2, -0.15) is 0 Å². The number of hydrogen-bond acceptors (Lipinski definition) is 4. The van der Waals surface area contributed by atoms with Gasteiger partial charge in [0.05, 0.1) is 17.0 Å². The monoisotopic (exact) mass is 387 g/mol. The highest BCUT2D eigenvalue weighted by molar-refractivity contribution is 6.30. The van der Waals surface area contributed by atoms with E-state index in [4.69, 9.17) is 16.0 Å². The van der Waals surface area contributed by atoms with E-state index in [0.717, 1.165) is 6.07 Å². The van der Waals surface area contributed by atoms with E-state index in [-0.39, 0.29) is 35.4 Å². The van der Waals surface area contributed by atoms with Crippen LogP contribution in [0.4, 0.5) is 4.39 Å². The van der Waals surface area contributed by atoms with Crippen molar-refractivity contribution in [2.24, 2.45) is 0 Å². The second-order valence-electron chi connectivity index (χ2n) is 6.34. The number of aliphatic hydroxyl groups is 1. The highest BCUT2D eigenvalue weighted by Crippen LogP contribution is 2.38. The Morgan fingerprint density at radius 3 is 2.59 bits per heavy atom. The van der Waals surface area contributed by atoms with Crippen molar-refractivity contribution in [2.45, 2.75) is 12.5 Å². The normalized spacial score (nSPS) is 16.2. The van der Waals surface area contributed by atoms with Crippen molar-refractivity contribution in [3.8, 4) is 0 Å². The number of nitrogens with zero attached hydrogens (tertiary/aromatic N) is 1. The van der Waals surface area contributed by atoms with Crippen LogP contribution in [0.15, 0.2) is 51.7 Å². The molecule has 1 N–H and O–H groups in total. The highest BCUT2D eigenvalue weighted by atomic mass is 35.5. The molecular weight excluding hydrogens is 373 g/mol. The van der Waals surface area contributed by atoms with Crippen molar-refractivity contribution in [2.75, 3.05) is 13.2 Å². The standard InChI is InChI=1S/C20H15ClFNO4/c21-12-4-2-11(3-5-12)17-16-18(25)14-10-13(22)6-7-15(14)27-19(16)20(26)23(17)8-1-9-24/h2-7,10,17,24H,1,8-9H2. The van der Waals surface area contributed by atoms with Crippen LogP contribution in [0, 0.1) is 5.82 Å². The summed E-state index contributed by atoms with van der Waals surface area (Å²) in [5.41, 5.74) is 0.587. The molecule has 1 atom stereocenters. The van der Waals surface area contributed by atoms with E-state index in [1.165, 1.54) is 17.0 Å². The molecule has 2 aromatic carbocycles. The molecule has 138 valence electrons. The molecule has 1 amide bonds. The maximum Gasteiger partial charge on any atom is 0.290 e. The lowest BCUT2D eigenvalue weighted by molar-refractivity contribution is 0.0716. The van der Waals surface area contributed by atoms with Gasteiger partial charge in [0.1, 0.15) is 11.4 Å². The summed E-state index contributed by atoms with van der Waals surface area (Å²) in [6.07, 6.45) is 0.353. The number of benzene rings is 2. The van der Waals surface area contributed by atoms with Crippen molar-refractivity contribution in [1.29, 1.82) is 0 Å². The molecule has 27 heavy (non-hydrogen) atoms. The zero-order valence-corrected chi connectivity index (χ0v) is 14.9. The molecule has 1 aliphatic rings. The predicted octanol–water partition coefficient (Wildman–Crippen LogP) is 3.51. The van der Waals surface area contributed by atoms with Gasteiger partial charge in [0.15, 0.2) is 5.43 Å². The van der Waals surface area contributed by atoms with Crippen LogP contribution in [0.2, 0.25) is 5.02 Å². The van der Waals surface area contributed by atoms with Gasteiger partial charge in [-0.15, -0.1) is 0 Å². The Bertz CT molecular complexity index is 1090. The van der Waals surface area contributed by atoms with E-state index in [9.17, 15) is 19.1 Å². The Morgan fingerprint density at radius 2 is 1.89 bits per heavy atom. The van der Waals surface area contributed by atoms with Crippen molar-refractivity contribution in [3.63, 3.8) is 0 Å². The zero-order chi connectivity index (χ0) is 19.1. The molecule has 3 aromatic rings. The Balaban J connectivity index is 1.97. The van der Waals surface area contributed by atoms with Gasteiger partial charge in [-0.05, 0) is 42.3 Å². The predicted molar refractivity (Wildman–Crippen MR) is 98.5 cm³/mol. The quantitative estimate of drug-likeness (QED) is 0.743. The SMILES string of the molecule is O=C1c2oc3ccc(F)cc3c(=O)c2C(c2ccc(Cl)cc2)N1CCCO. The zero-order valence-electron chi connectivity index (χ0n) is 14.1. The molecule has 0 aliphatic carbocycles. The molecule has 1 aromatic heterocycles. The maximum atomic E-state index is 13.7. The largest absolute Gasteiger partial charge is 0.450 e. The third kappa shape index (κ3) is 2.91. The van der Waals surface area contributed by atoms with Gasteiger partial charge in [0.25, 0.3) is 5.91 Å². The lowest BCUT2D eigenvalue weighted by Gasteiger charge is -2.24. The summed E-state index contributed by atoms with van der Waals surface area (Å²) >= 11 is 5.96. The first-order chi connectivity index (χ1) is 13.0. The number of rotatable bonds is 4. The maximum absolute atomic E-state index is 13.7. The van der Waals surface area contributed by atoms with E-state index in [2.05, 4.69) is 0 Å². The Hall–Kier alpha value is -2.70. The van der Waals surface area contributed by atoms with Gasteiger partial charge in [-0.1, -0.05) is 23.7 Å². The number of halogens is 2. The minimum atomic E-state index is -0.680. The number of fused-ring (bicyclic) bond motifs is 2. The van der Waals surface area contributed by atoms with Crippen LogP contribution in [0.5, 0.6) is 0 Å². The number of amides is 1. The summed E-state index contributed by atoms with van der Waals surface area (Å²) < 4.78 is 19.3. The third-order valence-corrected chi connectivity index (χ3v) is 4.92. The minimum Gasteiger partial charge on any atom is -0.450 e. The van der Waals surface area contributed by atoms with Crippen LogP contribution in [-0.4, -0.2) is 29.1 Å². The van der Waals surface area contributed by atoms with Crippen molar-refractivity contribution in [3.05, 3.63) is 80.4 Å². The van der Waals surface area contributed by atoms with Crippen LogP contribution in [-0.2, 0) is 0 Å². The minimum absolute atomic E-state index is 0.0444. The van der Waals surface area contributed by atoms with Crippen LogP contribution < -0.4 is 5.43 Å². The molecule has 0 fully saturated rings. The van der Waals surface area contributed by atoms with E-state index in [1.54, 1.807) is 24.3 Å². The van der Waals surface area contributed by atoms with E-state index in [0.29, 0.717) is 17.0 Å². The second-order valence-corrected chi connectivity index (χ2v) is 6.78. The number of hydrogen-bond donors (Lipinski definition) is 1. The molecule has 1 unspecified atom stereocenters. The first-order valence-corrected chi connectivity index (χ1v) is 8.82. The van der Waals surface area contributed by atoms with Crippen LogP contribution >= 0.6 is 11.6 Å². The fraction of sp³-hybridized carbons (Fsp3) is 0.200. The molecule has 0 radical (unpaired) electrons. The molecular formula is C20H15ClFNO4. The summed E-state index contributed by atoms with van der Waals surface area (Å²) in [7, 11) is 0. The molecule has 0 bridgehead atoms. The molecule has 5 nitrogen and oxygen atoms in total. The molecule has 2 heterocycles. The Kier molecular flexibility index (Phi) is 4.45. The highest BCUT2D eigenvalue weighted by Gasteiger charge is 2.42. The molecule has 0 saturated heterocycles. The Morgan fingerprint density at radius 1 is 1.15 bits per heavy atom. The summed E-state index contributed by atoms with van der Waals surface area (Å²) in [4.78, 5) is 27.5. The number of aliphatic hydroxyl groups excluding tert-OH is 1. The van der Waals surface area contributed by atoms with Gasteiger partial charge in [-0.25, -0.2) is 4.39 Å². The van der Waals surface area contributed by atoms with E-state index in [1.807, 2.05) is 0 Å². The number of carbonyl (C=O) groups is 1. The molecule has 7 heteroatoms. The third-order valence-electron chi connectivity index (χ3n) is 4.67. The van der Waals surface area contributed by atoms with Gasteiger partial charge in [0, 0.05) is 18.2 Å². The smallest absolute Gasteiger partial charge is 0.290 e. The molecule has 0 saturated carbocycles. The Labute approximate surface area is 158 Å². The average molecular weight is 388 g/mol. The summed E-state index contributed by atoms with van der Waals surface area (Å²) in [5.74, 6) is -1.03. The fourth-order valence-electron chi connectivity index (χ4n) is 3.46. The van der Waals surface area contributed by atoms with E-state index < -0.39 is 23.2 Å². The summed E-state index contributed by atoms with van der Waals surface area (Å²) in [6, 6.07) is 9.76. The fourth-order valence-corrected chi connectivity index (χ4v) is 3.58. The lowest BCUT2D eigenvalue weighted by atomic mass is 9.98. The number of carbonyl (C=O) groups excluding carboxylic acids is 1. The summed E-state index contributed by atoms with van der Waals surface area (Å²) in [6.45, 7) is 0.152. The lowest BCUT2D eigenvalue weighted by Crippen LogP contribution is -2.31. The topological polar surface area (TPSA) is 70.8 Å². The van der Waals surface area contributed by atoms with Gasteiger partial charge >= 0.3 is 0 Å². The van der Waals surface area contributed by atoms with Crippen LogP contribution in [0.25, 0.3) is 11.0 Å². The van der Waals surface area contributed by atoms with E-state index >= 15 is 0 Å². The van der Waals surface area contributed by atoms with Gasteiger partial charge < -0.3 is 14.4 Å². The first-order valence-electron chi connectivity index (χ1n) is 8.45. The van der Waals surface area contributed by atoms with Crippen molar-refractivity contribution in [1.82, 2.24) is 4.90 Å². The molecule has 0 spiro atoms. The molecule has 4 rings (SSSR count). The summed E-state index contributed by atoms with van der Waals surface area (Å²) in [5, 5.41) is 9.79. The van der Waals surface area contributed by atoms with Crippen molar-refractivity contribution < 1.29 is 18.7 Å².